The van der Waals surface area contributed by atoms with Gasteiger partial charge in [-0.3, -0.25) is 9.78 Å². The molecule has 0 bridgehead atoms. The molecule has 1 aliphatic carbocycles. The van der Waals surface area contributed by atoms with Crippen LogP contribution in [-0.2, 0) is 10.2 Å². The molecule has 0 aliphatic heterocycles. The minimum Gasteiger partial charge on any atom is -0.497 e. The molecule has 1 saturated carbocycles. The van der Waals surface area contributed by atoms with Crippen LogP contribution in [0.25, 0.3) is 0 Å². The van der Waals surface area contributed by atoms with Crippen molar-refractivity contribution in [3.8, 4) is 5.75 Å². The summed E-state index contributed by atoms with van der Waals surface area (Å²) in [5, 5.41) is 9.38. The SMILES string of the molecule is COc1ccnc(C2(C(=O)O)CC2(C)C)c1. The molecule has 16 heavy (non-hydrogen) atoms. The average molecular weight is 221 g/mol. The number of pyridine rings is 1. The lowest BCUT2D eigenvalue weighted by Crippen LogP contribution is -2.26. The summed E-state index contributed by atoms with van der Waals surface area (Å²) in [6.45, 7) is 3.89. The van der Waals surface area contributed by atoms with Gasteiger partial charge >= 0.3 is 5.97 Å². The van der Waals surface area contributed by atoms with Gasteiger partial charge in [0.15, 0.2) is 0 Å². The maximum atomic E-state index is 11.4. The van der Waals surface area contributed by atoms with Crippen LogP contribution in [0.5, 0.6) is 5.75 Å². The number of carbonyl (C=O) groups is 1. The summed E-state index contributed by atoms with van der Waals surface area (Å²) in [5.41, 5.74) is -0.496. The Hall–Kier alpha value is -1.58. The van der Waals surface area contributed by atoms with Crippen molar-refractivity contribution in [1.29, 1.82) is 0 Å². The fraction of sp³-hybridized carbons (Fsp3) is 0.500. The van der Waals surface area contributed by atoms with Gasteiger partial charge in [0, 0.05) is 12.3 Å². The fourth-order valence-electron chi connectivity index (χ4n) is 2.30. The van der Waals surface area contributed by atoms with Crippen molar-refractivity contribution < 1.29 is 14.6 Å². The lowest BCUT2D eigenvalue weighted by atomic mass is 9.92. The molecule has 1 fully saturated rings. The van der Waals surface area contributed by atoms with Crippen molar-refractivity contribution in [3.63, 3.8) is 0 Å². The Labute approximate surface area is 94.3 Å². The van der Waals surface area contributed by atoms with Crippen LogP contribution in [0.2, 0.25) is 0 Å². The van der Waals surface area contributed by atoms with Crippen LogP contribution in [0.15, 0.2) is 18.3 Å². The topological polar surface area (TPSA) is 59.4 Å². The van der Waals surface area contributed by atoms with Gasteiger partial charge in [-0.1, -0.05) is 13.8 Å². The van der Waals surface area contributed by atoms with E-state index in [1.54, 1.807) is 25.4 Å². The molecule has 2 rings (SSSR count). The highest BCUT2D eigenvalue weighted by atomic mass is 16.5. The van der Waals surface area contributed by atoms with Gasteiger partial charge in [0.05, 0.1) is 12.8 Å². The van der Waals surface area contributed by atoms with Gasteiger partial charge in [0.25, 0.3) is 0 Å². The summed E-state index contributed by atoms with van der Waals surface area (Å²) in [7, 11) is 1.56. The van der Waals surface area contributed by atoms with E-state index in [1.807, 2.05) is 13.8 Å². The van der Waals surface area contributed by atoms with Gasteiger partial charge in [-0.25, -0.2) is 0 Å². The monoisotopic (exact) mass is 221 g/mol. The Morgan fingerprint density at radius 2 is 2.19 bits per heavy atom. The molecule has 4 nitrogen and oxygen atoms in total. The number of nitrogens with zero attached hydrogens (tertiary/aromatic N) is 1. The molecule has 1 unspecified atom stereocenters. The molecular weight excluding hydrogens is 206 g/mol. The van der Waals surface area contributed by atoms with Crippen LogP contribution in [-0.4, -0.2) is 23.2 Å². The Kier molecular flexibility index (Phi) is 2.19. The number of rotatable bonds is 3. The summed E-state index contributed by atoms with van der Waals surface area (Å²) in [6, 6.07) is 3.43. The maximum absolute atomic E-state index is 11.4. The molecule has 1 aliphatic rings. The van der Waals surface area contributed by atoms with E-state index in [2.05, 4.69) is 4.98 Å². The van der Waals surface area contributed by atoms with E-state index >= 15 is 0 Å². The summed E-state index contributed by atoms with van der Waals surface area (Å²) in [5.74, 6) is -0.161. The number of aromatic nitrogens is 1. The van der Waals surface area contributed by atoms with E-state index in [4.69, 9.17) is 4.74 Å². The van der Waals surface area contributed by atoms with E-state index in [1.165, 1.54) is 0 Å². The largest absolute Gasteiger partial charge is 0.497 e. The molecule has 4 heteroatoms. The summed E-state index contributed by atoms with van der Waals surface area (Å²) < 4.78 is 5.09. The standard InChI is InChI=1S/C12H15NO3/c1-11(2)7-12(11,10(14)15)9-6-8(16-3)4-5-13-9/h4-6H,7H2,1-3H3,(H,14,15). The quantitative estimate of drug-likeness (QED) is 0.846. The Morgan fingerprint density at radius 3 is 2.62 bits per heavy atom. The number of methoxy groups -OCH3 is 1. The van der Waals surface area contributed by atoms with Crippen LogP contribution in [0.4, 0.5) is 0 Å². The van der Waals surface area contributed by atoms with E-state index in [0.717, 1.165) is 0 Å². The van der Waals surface area contributed by atoms with E-state index in [0.29, 0.717) is 17.9 Å². The molecule has 1 aromatic heterocycles. The minimum absolute atomic E-state index is 0.238. The van der Waals surface area contributed by atoms with E-state index < -0.39 is 11.4 Å². The first-order chi connectivity index (χ1) is 7.44. The van der Waals surface area contributed by atoms with Crippen molar-refractivity contribution >= 4 is 5.97 Å². The predicted molar refractivity (Wildman–Crippen MR) is 58.5 cm³/mol. The molecule has 1 heterocycles. The number of aliphatic carboxylic acids is 1. The second-order valence-electron chi connectivity index (χ2n) is 4.85. The highest BCUT2D eigenvalue weighted by molar-refractivity contribution is 5.86. The van der Waals surface area contributed by atoms with Gasteiger partial charge in [-0.2, -0.15) is 0 Å². The highest BCUT2D eigenvalue weighted by Gasteiger charge is 2.68. The van der Waals surface area contributed by atoms with Crippen LogP contribution in [0, 0.1) is 5.41 Å². The Balaban J connectivity index is 2.47. The molecule has 0 radical (unpaired) electrons. The predicted octanol–water partition coefficient (Wildman–Crippen LogP) is 1.84. The smallest absolute Gasteiger partial charge is 0.316 e. The third-order valence-electron chi connectivity index (χ3n) is 3.51. The van der Waals surface area contributed by atoms with Crippen molar-refractivity contribution in [3.05, 3.63) is 24.0 Å². The van der Waals surface area contributed by atoms with Gasteiger partial charge in [0.1, 0.15) is 11.2 Å². The van der Waals surface area contributed by atoms with Crippen molar-refractivity contribution in [2.75, 3.05) is 7.11 Å². The number of carboxylic acid groups (broad SMARTS) is 1. The normalized spacial score (nSPS) is 26.2. The fourth-order valence-corrected chi connectivity index (χ4v) is 2.30. The highest BCUT2D eigenvalue weighted by Crippen LogP contribution is 2.64. The molecule has 0 amide bonds. The number of carboxylic acids is 1. The van der Waals surface area contributed by atoms with E-state index in [9.17, 15) is 9.90 Å². The van der Waals surface area contributed by atoms with Crippen LogP contribution in [0.1, 0.15) is 26.0 Å². The van der Waals surface area contributed by atoms with Crippen molar-refractivity contribution in [2.24, 2.45) is 5.41 Å². The summed E-state index contributed by atoms with van der Waals surface area (Å²) in [4.78, 5) is 15.6. The number of hydrogen-bond donors (Lipinski definition) is 1. The van der Waals surface area contributed by atoms with Gasteiger partial charge in [-0.05, 0) is 17.9 Å². The second kappa shape index (κ2) is 3.20. The zero-order valence-electron chi connectivity index (χ0n) is 9.65. The second-order valence-corrected chi connectivity index (χ2v) is 4.85. The average Bonchev–Trinajstić information content (AvgIpc) is 2.83. The van der Waals surface area contributed by atoms with Crippen molar-refractivity contribution in [1.82, 2.24) is 4.98 Å². The molecular formula is C12H15NO3. The molecule has 1 N–H and O–H groups in total. The number of hydrogen-bond acceptors (Lipinski definition) is 3. The van der Waals surface area contributed by atoms with E-state index in [-0.39, 0.29) is 5.41 Å². The van der Waals surface area contributed by atoms with Gasteiger partial charge in [0.2, 0.25) is 0 Å². The molecule has 0 saturated heterocycles. The van der Waals surface area contributed by atoms with Crippen LogP contribution >= 0.6 is 0 Å². The zero-order chi connectivity index (χ0) is 12.0. The zero-order valence-corrected chi connectivity index (χ0v) is 9.65. The first kappa shape index (κ1) is 10.9. The Morgan fingerprint density at radius 1 is 1.56 bits per heavy atom. The van der Waals surface area contributed by atoms with Crippen molar-refractivity contribution in [2.45, 2.75) is 25.7 Å². The maximum Gasteiger partial charge on any atom is 0.316 e. The van der Waals surface area contributed by atoms with Gasteiger partial charge in [-0.15, -0.1) is 0 Å². The molecule has 0 aromatic carbocycles. The number of ether oxygens (including phenoxy) is 1. The first-order valence-electron chi connectivity index (χ1n) is 5.18. The lowest BCUT2D eigenvalue weighted by Gasteiger charge is -2.15. The first-order valence-corrected chi connectivity index (χ1v) is 5.18. The molecule has 0 spiro atoms. The lowest BCUT2D eigenvalue weighted by molar-refractivity contribution is -0.141. The van der Waals surface area contributed by atoms with Gasteiger partial charge < -0.3 is 9.84 Å². The van der Waals surface area contributed by atoms with Crippen LogP contribution < -0.4 is 4.74 Å². The Bertz CT molecular complexity index is 442. The summed E-state index contributed by atoms with van der Waals surface area (Å²) >= 11 is 0. The third kappa shape index (κ3) is 1.29. The molecule has 1 atom stereocenters. The summed E-state index contributed by atoms with van der Waals surface area (Å²) in [6.07, 6.45) is 2.21. The van der Waals surface area contributed by atoms with Crippen LogP contribution in [0.3, 0.4) is 0 Å². The molecule has 86 valence electrons. The third-order valence-corrected chi connectivity index (χ3v) is 3.51. The molecule has 1 aromatic rings. The minimum atomic E-state index is -0.846.